The number of carbonyl (C=O) groups is 1. The van der Waals surface area contributed by atoms with Crippen LogP contribution >= 0.6 is 0 Å². The van der Waals surface area contributed by atoms with Gasteiger partial charge in [-0.2, -0.15) is 4.72 Å². The minimum atomic E-state index is -3.82. The molecule has 0 aliphatic heterocycles. The molecular weight excluding hydrogens is 278 g/mol. The molecule has 20 heavy (non-hydrogen) atoms. The van der Waals surface area contributed by atoms with Crippen LogP contribution in [0, 0.1) is 26.7 Å². The summed E-state index contributed by atoms with van der Waals surface area (Å²) in [5, 5.41) is 9.15. The number of benzene rings is 1. The summed E-state index contributed by atoms with van der Waals surface area (Å²) in [5.74, 6) is -1.20. The summed E-state index contributed by atoms with van der Waals surface area (Å²) in [6.07, 6.45) is 1.51. The topological polar surface area (TPSA) is 83.5 Å². The van der Waals surface area contributed by atoms with Crippen LogP contribution in [0.15, 0.2) is 17.0 Å². The third-order valence-corrected chi connectivity index (χ3v) is 5.26. The molecule has 0 spiro atoms. The molecule has 1 aliphatic carbocycles. The fourth-order valence-electron chi connectivity index (χ4n) is 2.59. The average molecular weight is 297 g/mol. The van der Waals surface area contributed by atoms with Crippen LogP contribution < -0.4 is 4.72 Å². The summed E-state index contributed by atoms with van der Waals surface area (Å²) in [6.45, 7) is 5.34. The molecular formula is C14H19NO4S. The molecule has 1 unspecified atom stereocenters. The van der Waals surface area contributed by atoms with Crippen molar-refractivity contribution in [2.45, 2.75) is 44.6 Å². The van der Waals surface area contributed by atoms with Gasteiger partial charge in [-0.3, -0.25) is 4.79 Å². The first kappa shape index (κ1) is 15.0. The lowest BCUT2D eigenvalue weighted by atomic mass is 10.1. The van der Waals surface area contributed by atoms with Gasteiger partial charge in [-0.25, -0.2) is 8.42 Å². The number of hydrogen-bond acceptors (Lipinski definition) is 3. The molecule has 1 saturated carbocycles. The van der Waals surface area contributed by atoms with E-state index in [1.165, 1.54) is 0 Å². The molecule has 0 bridgehead atoms. The van der Waals surface area contributed by atoms with Gasteiger partial charge in [0.25, 0.3) is 0 Å². The molecule has 1 aliphatic rings. The first-order valence-electron chi connectivity index (χ1n) is 6.55. The Morgan fingerprint density at radius 1 is 1.25 bits per heavy atom. The molecule has 2 rings (SSSR count). The zero-order chi connectivity index (χ0) is 15.1. The highest BCUT2D eigenvalue weighted by Gasteiger charge is 2.39. The van der Waals surface area contributed by atoms with E-state index in [9.17, 15) is 13.2 Å². The Labute approximate surface area is 119 Å². The van der Waals surface area contributed by atoms with Crippen molar-refractivity contribution in [3.8, 4) is 0 Å². The number of aliphatic carboxylic acids is 1. The molecule has 5 nitrogen and oxygen atoms in total. The smallest absolute Gasteiger partial charge is 0.322 e. The quantitative estimate of drug-likeness (QED) is 0.867. The van der Waals surface area contributed by atoms with Crippen LogP contribution in [0.25, 0.3) is 0 Å². The summed E-state index contributed by atoms with van der Waals surface area (Å²) in [5.41, 5.74) is 2.25. The van der Waals surface area contributed by atoms with E-state index in [0.29, 0.717) is 11.1 Å². The van der Waals surface area contributed by atoms with Crippen molar-refractivity contribution in [2.24, 2.45) is 5.92 Å². The normalized spacial score (nSPS) is 16.9. The van der Waals surface area contributed by atoms with Crippen LogP contribution in [0.5, 0.6) is 0 Å². The van der Waals surface area contributed by atoms with Gasteiger partial charge in [-0.15, -0.1) is 0 Å². The van der Waals surface area contributed by atoms with Gasteiger partial charge < -0.3 is 5.11 Å². The number of sulfonamides is 1. The lowest BCUT2D eigenvalue weighted by Crippen LogP contribution is -2.42. The predicted molar refractivity (Wildman–Crippen MR) is 75.1 cm³/mol. The Kier molecular flexibility index (Phi) is 3.88. The molecule has 0 saturated heterocycles. The highest BCUT2D eigenvalue weighted by molar-refractivity contribution is 7.89. The van der Waals surface area contributed by atoms with E-state index >= 15 is 0 Å². The van der Waals surface area contributed by atoms with Crippen molar-refractivity contribution in [3.63, 3.8) is 0 Å². The van der Waals surface area contributed by atoms with Crippen LogP contribution in [-0.2, 0) is 14.8 Å². The third kappa shape index (κ3) is 3.02. The SMILES string of the molecule is Cc1cc(C)c(S(=O)(=O)NC(C(=O)O)C2CC2)c(C)c1. The second-order valence-corrected chi connectivity index (χ2v) is 7.15. The second kappa shape index (κ2) is 5.18. The molecule has 0 heterocycles. The van der Waals surface area contributed by atoms with E-state index in [1.807, 2.05) is 6.92 Å². The molecule has 0 radical (unpaired) electrons. The van der Waals surface area contributed by atoms with Crippen molar-refractivity contribution >= 4 is 16.0 Å². The number of nitrogens with one attached hydrogen (secondary N) is 1. The molecule has 1 aromatic carbocycles. The molecule has 0 amide bonds. The Bertz CT molecular complexity index is 624. The van der Waals surface area contributed by atoms with E-state index < -0.39 is 22.0 Å². The average Bonchev–Trinajstić information content (AvgIpc) is 3.07. The van der Waals surface area contributed by atoms with Gasteiger partial charge in [0.1, 0.15) is 6.04 Å². The van der Waals surface area contributed by atoms with Crippen LogP contribution in [0.4, 0.5) is 0 Å². The Morgan fingerprint density at radius 3 is 2.15 bits per heavy atom. The largest absolute Gasteiger partial charge is 0.480 e. The number of carboxylic acids is 1. The summed E-state index contributed by atoms with van der Waals surface area (Å²) in [4.78, 5) is 11.4. The van der Waals surface area contributed by atoms with Crippen molar-refractivity contribution in [1.29, 1.82) is 0 Å². The summed E-state index contributed by atoms with van der Waals surface area (Å²) in [6, 6.07) is 2.54. The second-order valence-electron chi connectivity index (χ2n) is 5.50. The fourth-order valence-corrected chi connectivity index (χ4v) is 4.31. The molecule has 1 atom stereocenters. The van der Waals surface area contributed by atoms with Crippen LogP contribution in [0.2, 0.25) is 0 Å². The van der Waals surface area contributed by atoms with E-state index in [-0.39, 0.29) is 10.8 Å². The van der Waals surface area contributed by atoms with Crippen molar-refractivity contribution < 1.29 is 18.3 Å². The minimum Gasteiger partial charge on any atom is -0.480 e. The van der Waals surface area contributed by atoms with Gasteiger partial charge in [0.05, 0.1) is 4.90 Å². The predicted octanol–water partition coefficient (Wildman–Crippen LogP) is 1.75. The van der Waals surface area contributed by atoms with Gasteiger partial charge in [-0.1, -0.05) is 17.7 Å². The van der Waals surface area contributed by atoms with Gasteiger partial charge in [0, 0.05) is 0 Å². The van der Waals surface area contributed by atoms with Gasteiger partial charge >= 0.3 is 5.97 Å². The standard InChI is InChI=1S/C14H19NO4S/c1-8-6-9(2)13(10(3)7-8)20(18,19)15-12(14(16)17)11-4-5-11/h6-7,11-12,15H,4-5H2,1-3H3,(H,16,17). The minimum absolute atomic E-state index is 0.0895. The van der Waals surface area contributed by atoms with Crippen molar-refractivity contribution in [2.75, 3.05) is 0 Å². The molecule has 110 valence electrons. The molecule has 0 aromatic heterocycles. The van der Waals surface area contributed by atoms with E-state index in [0.717, 1.165) is 18.4 Å². The van der Waals surface area contributed by atoms with E-state index in [2.05, 4.69) is 4.72 Å². The fraction of sp³-hybridized carbons (Fsp3) is 0.500. The maximum absolute atomic E-state index is 12.5. The monoisotopic (exact) mass is 297 g/mol. The summed E-state index contributed by atoms with van der Waals surface area (Å²) < 4.78 is 27.3. The number of rotatable bonds is 5. The Morgan fingerprint density at radius 2 is 1.75 bits per heavy atom. The number of carboxylic acid groups (broad SMARTS) is 1. The number of aryl methyl sites for hydroxylation is 3. The van der Waals surface area contributed by atoms with Crippen LogP contribution in [0.1, 0.15) is 29.5 Å². The van der Waals surface area contributed by atoms with Crippen LogP contribution in [0.3, 0.4) is 0 Å². The highest BCUT2D eigenvalue weighted by atomic mass is 32.2. The Balaban J connectivity index is 2.38. The van der Waals surface area contributed by atoms with Gasteiger partial charge in [0.15, 0.2) is 0 Å². The summed E-state index contributed by atoms with van der Waals surface area (Å²) >= 11 is 0. The first-order valence-corrected chi connectivity index (χ1v) is 8.03. The molecule has 1 fully saturated rings. The van der Waals surface area contributed by atoms with Crippen molar-refractivity contribution in [3.05, 3.63) is 28.8 Å². The third-order valence-electron chi connectivity index (χ3n) is 3.51. The van der Waals surface area contributed by atoms with E-state index in [4.69, 9.17) is 5.11 Å². The number of hydrogen-bond donors (Lipinski definition) is 2. The van der Waals surface area contributed by atoms with Crippen LogP contribution in [-0.4, -0.2) is 25.5 Å². The Hall–Kier alpha value is -1.40. The van der Waals surface area contributed by atoms with Gasteiger partial charge in [0.2, 0.25) is 10.0 Å². The first-order chi connectivity index (χ1) is 9.22. The zero-order valence-electron chi connectivity index (χ0n) is 11.8. The summed E-state index contributed by atoms with van der Waals surface area (Å²) in [7, 11) is -3.82. The van der Waals surface area contributed by atoms with Crippen molar-refractivity contribution in [1.82, 2.24) is 4.72 Å². The lowest BCUT2D eigenvalue weighted by molar-refractivity contribution is -0.139. The lowest BCUT2D eigenvalue weighted by Gasteiger charge is -2.17. The maximum Gasteiger partial charge on any atom is 0.322 e. The highest BCUT2D eigenvalue weighted by Crippen LogP contribution is 2.34. The molecule has 1 aromatic rings. The van der Waals surface area contributed by atoms with Gasteiger partial charge in [-0.05, 0) is 50.7 Å². The zero-order valence-corrected chi connectivity index (χ0v) is 12.6. The van der Waals surface area contributed by atoms with E-state index in [1.54, 1.807) is 26.0 Å². The molecule has 6 heteroatoms. The maximum atomic E-state index is 12.5. The molecule has 2 N–H and O–H groups in total.